The lowest BCUT2D eigenvalue weighted by atomic mass is 10.1. The first-order valence-corrected chi connectivity index (χ1v) is 10.1. The Kier molecular flexibility index (Phi) is 7.38. The van der Waals surface area contributed by atoms with Crippen LogP contribution in [0.25, 0.3) is 0 Å². The van der Waals surface area contributed by atoms with E-state index < -0.39 is 0 Å². The molecule has 1 saturated heterocycles. The molecule has 0 aliphatic carbocycles. The number of para-hydroxylation sites is 1. The van der Waals surface area contributed by atoms with Crippen LogP contribution in [-0.2, 0) is 4.79 Å². The van der Waals surface area contributed by atoms with Gasteiger partial charge in [0.2, 0.25) is 5.91 Å². The van der Waals surface area contributed by atoms with Crippen molar-refractivity contribution in [2.24, 2.45) is 0 Å². The van der Waals surface area contributed by atoms with Gasteiger partial charge in [0.15, 0.2) is 5.78 Å². The van der Waals surface area contributed by atoms with E-state index in [1.807, 2.05) is 37.3 Å². The first-order valence-electron chi connectivity index (χ1n) is 10.1. The summed E-state index contributed by atoms with van der Waals surface area (Å²) < 4.78 is 5.77. The van der Waals surface area contributed by atoms with E-state index in [4.69, 9.17) is 4.74 Å². The van der Waals surface area contributed by atoms with Gasteiger partial charge in [-0.3, -0.25) is 19.4 Å². The van der Waals surface area contributed by atoms with E-state index in [9.17, 15) is 9.59 Å². The number of carbonyl (C=O) groups excluding carboxylic acids is 2. The number of piperazine rings is 1. The third kappa shape index (κ3) is 6.14. The normalized spacial score (nSPS) is 16.2. The number of ketones is 1. The van der Waals surface area contributed by atoms with E-state index in [0.29, 0.717) is 17.9 Å². The van der Waals surface area contributed by atoms with Crippen LogP contribution in [0.5, 0.6) is 5.75 Å². The van der Waals surface area contributed by atoms with Gasteiger partial charge in [-0.05, 0) is 50.2 Å². The van der Waals surface area contributed by atoms with Crippen molar-refractivity contribution < 1.29 is 14.3 Å². The summed E-state index contributed by atoms with van der Waals surface area (Å²) in [5.74, 6) is 0.887. The minimum atomic E-state index is -0.204. The first-order chi connectivity index (χ1) is 14.0. The van der Waals surface area contributed by atoms with Gasteiger partial charge in [0.25, 0.3) is 0 Å². The molecule has 3 rings (SSSR count). The summed E-state index contributed by atoms with van der Waals surface area (Å²) in [5, 5.41) is 2.94. The van der Waals surface area contributed by atoms with Crippen molar-refractivity contribution in [3.63, 3.8) is 0 Å². The number of benzene rings is 2. The van der Waals surface area contributed by atoms with Crippen molar-refractivity contribution in [3.05, 3.63) is 60.2 Å². The maximum absolute atomic E-state index is 12.6. The quantitative estimate of drug-likeness (QED) is 0.697. The fourth-order valence-corrected chi connectivity index (χ4v) is 3.38. The fraction of sp³-hybridized carbons (Fsp3) is 0.391. The standard InChI is InChI=1S/C23H29N3O3/c1-18(23(28)24-21-10-8-20(9-11-21)19(2)27)26-14-12-25(13-15-26)16-17-29-22-6-4-3-5-7-22/h3-11,18H,12-17H2,1-2H3,(H,24,28)/t18-/m1/s1. The van der Waals surface area contributed by atoms with Gasteiger partial charge in [-0.25, -0.2) is 0 Å². The molecule has 1 N–H and O–H groups in total. The second kappa shape index (κ2) is 10.2. The Labute approximate surface area is 172 Å². The SMILES string of the molecule is CC(=O)c1ccc(NC(=O)[C@@H](C)N2CCN(CCOc3ccccc3)CC2)cc1. The Bertz CT molecular complexity index is 800. The zero-order chi connectivity index (χ0) is 20.6. The van der Waals surface area contributed by atoms with Crippen LogP contribution in [0.3, 0.4) is 0 Å². The van der Waals surface area contributed by atoms with Crippen LogP contribution >= 0.6 is 0 Å². The molecule has 1 amide bonds. The van der Waals surface area contributed by atoms with Gasteiger partial charge in [-0.15, -0.1) is 0 Å². The van der Waals surface area contributed by atoms with Gasteiger partial charge < -0.3 is 10.1 Å². The summed E-state index contributed by atoms with van der Waals surface area (Å²) in [5.41, 5.74) is 1.35. The number of Topliss-reactive ketones (excluding diaryl/α,β-unsaturated/α-hetero) is 1. The van der Waals surface area contributed by atoms with Crippen LogP contribution in [-0.4, -0.2) is 66.9 Å². The minimum Gasteiger partial charge on any atom is -0.492 e. The molecule has 1 heterocycles. The number of hydrogen-bond acceptors (Lipinski definition) is 5. The molecule has 1 aliphatic rings. The van der Waals surface area contributed by atoms with Gasteiger partial charge in [0.1, 0.15) is 12.4 Å². The van der Waals surface area contributed by atoms with E-state index >= 15 is 0 Å². The smallest absolute Gasteiger partial charge is 0.241 e. The van der Waals surface area contributed by atoms with Crippen LogP contribution in [0.4, 0.5) is 5.69 Å². The molecule has 29 heavy (non-hydrogen) atoms. The monoisotopic (exact) mass is 395 g/mol. The molecule has 154 valence electrons. The lowest BCUT2D eigenvalue weighted by Crippen LogP contribution is -2.53. The summed E-state index contributed by atoms with van der Waals surface area (Å²) in [7, 11) is 0. The third-order valence-electron chi connectivity index (χ3n) is 5.31. The molecule has 1 aliphatic heterocycles. The van der Waals surface area contributed by atoms with Crippen molar-refractivity contribution >= 4 is 17.4 Å². The lowest BCUT2D eigenvalue weighted by Gasteiger charge is -2.37. The average molecular weight is 396 g/mol. The predicted molar refractivity (Wildman–Crippen MR) is 114 cm³/mol. The van der Waals surface area contributed by atoms with Gasteiger partial charge in [-0.2, -0.15) is 0 Å². The summed E-state index contributed by atoms with van der Waals surface area (Å²) in [6, 6.07) is 16.7. The third-order valence-corrected chi connectivity index (χ3v) is 5.31. The molecule has 0 spiro atoms. The Balaban J connectivity index is 1.40. The van der Waals surface area contributed by atoms with Gasteiger partial charge in [0, 0.05) is 44.0 Å². The second-order valence-corrected chi connectivity index (χ2v) is 7.34. The molecule has 1 fully saturated rings. The van der Waals surface area contributed by atoms with Crippen LogP contribution in [0, 0.1) is 0 Å². The Morgan fingerprint density at radius 3 is 2.28 bits per heavy atom. The number of rotatable bonds is 8. The van der Waals surface area contributed by atoms with Crippen molar-refractivity contribution in [1.29, 1.82) is 0 Å². The Morgan fingerprint density at radius 2 is 1.66 bits per heavy atom. The highest BCUT2D eigenvalue weighted by atomic mass is 16.5. The van der Waals surface area contributed by atoms with Gasteiger partial charge >= 0.3 is 0 Å². The number of hydrogen-bond donors (Lipinski definition) is 1. The van der Waals surface area contributed by atoms with Crippen LogP contribution < -0.4 is 10.1 Å². The van der Waals surface area contributed by atoms with E-state index in [1.165, 1.54) is 6.92 Å². The molecular formula is C23H29N3O3. The van der Waals surface area contributed by atoms with Crippen molar-refractivity contribution in [1.82, 2.24) is 9.80 Å². The molecule has 0 saturated carbocycles. The number of nitrogens with zero attached hydrogens (tertiary/aromatic N) is 2. The van der Waals surface area contributed by atoms with Gasteiger partial charge in [-0.1, -0.05) is 18.2 Å². The Morgan fingerprint density at radius 1 is 1.00 bits per heavy atom. The number of anilines is 1. The largest absolute Gasteiger partial charge is 0.492 e. The number of ether oxygens (including phenoxy) is 1. The van der Waals surface area contributed by atoms with Crippen LogP contribution in [0.15, 0.2) is 54.6 Å². The summed E-state index contributed by atoms with van der Waals surface area (Å²) in [4.78, 5) is 28.5. The van der Waals surface area contributed by atoms with E-state index in [1.54, 1.807) is 24.3 Å². The highest BCUT2D eigenvalue weighted by Gasteiger charge is 2.25. The number of amides is 1. The molecule has 0 radical (unpaired) electrons. The zero-order valence-electron chi connectivity index (χ0n) is 17.1. The van der Waals surface area contributed by atoms with E-state index in [2.05, 4.69) is 15.1 Å². The maximum atomic E-state index is 12.6. The molecule has 2 aromatic carbocycles. The minimum absolute atomic E-state index is 0.0169. The molecule has 1 atom stereocenters. The van der Waals surface area contributed by atoms with Gasteiger partial charge in [0.05, 0.1) is 6.04 Å². The Hall–Kier alpha value is -2.70. The highest BCUT2D eigenvalue weighted by Crippen LogP contribution is 2.13. The van der Waals surface area contributed by atoms with Crippen LogP contribution in [0.2, 0.25) is 0 Å². The highest BCUT2D eigenvalue weighted by molar-refractivity contribution is 5.96. The van der Waals surface area contributed by atoms with E-state index in [-0.39, 0.29) is 17.7 Å². The maximum Gasteiger partial charge on any atom is 0.241 e. The summed E-state index contributed by atoms with van der Waals surface area (Å²) >= 11 is 0. The second-order valence-electron chi connectivity index (χ2n) is 7.34. The van der Waals surface area contributed by atoms with Crippen molar-refractivity contribution in [2.45, 2.75) is 19.9 Å². The molecule has 0 unspecified atom stereocenters. The molecular weight excluding hydrogens is 366 g/mol. The number of carbonyl (C=O) groups is 2. The molecule has 0 bridgehead atoms. The van der Waals surface area contributed by atoms with Crippen molar-refractivity contribution in [2.75, 3.05) is 44.6 Å². The summed E-state index contributed by atoms with van der Waals surface area (Å²) in [6.07, 6.45) is 0. The molecule has 6 heteroatoms. The zero-order valence-corrected chi connectivity index (χ0v) is 17.1. The van der Waals surface area contributed by atoms with Crippen LogP contribution in [0.1, 0.15) is 24.2 Å². The van der Waals surface area contributed by atoms with E-state index in [0.717, 1.165) is 38.5 Å². The molecule has 0 aromatic heterocycles. The topological polar surface area (TPSA) is 61.9 Å². The first kappa shape index (κ1) is 21.0. The molecule has 2 aromatic rings. The summed E-state index contributed by atoms with van der Waals surface area (Å²) in [6.45, 7) is 8.55. The number of nitrogens with one attached hydrogen (secondary N) is 1. The predicted octanol–water partition coefficient (Wildman–Crippen LogP) is 2.91. The lowest BCUT2D eigenvalue weighted by molar-refractivity contribution is -0.121. The van der Waals surface area contributed by atoms with Crippen molar-refractivity contribution in [3.8, 4) is 5.75 Å². The molecule has 6 nitrogen and oxygen atoms in total. The fourth-order valence-electron chi connectivity index (χ4n) is 3.38. The average Bonchev–Trinajstić information content (AvgIpc) is 2.75.